The minimum absolute atomic E-state index is 0.182. The van der Waals surface area contributed by atoms with Crippen molar-refractivity contribution >= 4 is 17.1 Å². The Morgan fingerprint density at radius 1 is 1.62 bits per heavy atom. The highest BCUT2D eigenvalue weighted by atomic mass is 16.5. The molecule has 0 spiro atoms. The standard InChI is InChI=1S/C9H11N5O2/c1-14-6-7(10-4-11-8(6)15)13-9(14)12-5-2-16-3-5/h4-5H,2-3H2,1H3,(H2,10,11,12,13,15). The number of hydrogen-bond donors (Lipinski definition) is 2. The second-order valence-electron chi connectivity index (χ2n) is 3.78. The van der Waals surface area contributed by atoms with E-state index in [1.165, 1.54) is 6.33 Å². The van der Waals surface area contributed by atoms with Gasteiger partial charge in [-0.05, 0) is 0 Å². The molecular formula is C9H11N5O2. The van der Waals surface area contributed by atoms with Crippen LogP contribution < -0.4 is 10.9 Å². The molecule has 0 atom stereocenters. The quantitative estimate of drug-likeness (QED) is 0.712. The van der Waals surface area contributed by atoms with Gasteiger partial charge in [0.15, 0.2) is 11.2 Å². The second-order valence-corrected chi connectivity index (χ2v) is 3.78. The Balaban J connectivity index is 2.08. The van der Waals surface area contributed by atoms with Crippen LogP contribution in [0.2, 0.25) is 0 Å². The molecule has 0 radical (unpaired) electrons. The predicted octanol–water partition coefficient (Wildman–Crippen LogP) is -0.533. The zero-order valence-corrected chi connectivity index (χ0v) is 8.73. The van der Waals surface area contributed by atoms with Crippen LogP contribution in [-0.2, 0) is 11.8 Å². The number of rotatable bonds is 2. The molecule has 0 aromatic carbocycles. The molecule has 0 saturated carbocycles. The lowest BCUT2D eigenvalue weighted by Gasteiger charge is -2.27. The summed E-state index contributed by atoms with van der Waals surface area (Å²) in [6.45, 7) is 1.35. The van der Waals surface area contributed by atoms with Crippen LogP contribution in [0.25, 0.3) is 11.2 Å². The first kappa shape index (κ1) is 9.34. The number of aromatic nitrogens is 4. The lowest BCUT2D eigenvalue weighted by Crippen LogP contribution is -2.40. The van der Waals surface area contributed by atoms with E-state index < -0.39 is 0 Å². The molecule has 84 valence electrons. The third-order valence-corrected chi connectivity index (χ3v) is 2.65. The number of ether oxygens (including phenoxy) is 1. The first-order valence-electron chi connectivity index (χ1n) is 5.00. The molecule has 1 aliphatic heterocycles. The largest absolute Gasteiger partial charge is 0.377 e. The van der Waals surface area contributed by atoms with E-state index in [-0.39, 0.29) is 11.6 Å². The Labute approximate surface area is 90.5 Å². The number of nitrogens with one attached hydrogen (secondary N) is 2. The summed E-state index contributed by atoms with van der Waals surface area (Å²) in [6.07, 6.45) is 1.36. The monoisotopic (exact) mass is 221 g/mol. The molecule has 3 rings (SSSR count). The van der Waals surface area contributed by atoms with Crippen molar-refractivity contribution in [1.29, 1.82) is 0 Å². The van der Waals surface area contributed by atoms with Gasteiger partial charge in [0.1, 0.15) is 0 Å². The lowest BCUT2D eigenvalue weighted by atomic mass is 10.3. The Morgan fingerprint density at radius 2 is 2.44 bits per heavy atom. The van der Waals surface area contributed by atoms with E-state index in [2.05, 4.69) is 20.3 Å². The number of imidazole rings is 1. The summed E-state index contributed by atoms with van der Waals surface area (Å²) in [6, 6.07) is 0.273. The molecule has 1 fully saturated rings. The summed E-state index contributed by atoms with van der Waals surface area (Å²) in [5.74, 6) is 0.646. The number of aryl methyl sites for hydroxylation is 1. The Bertz CT molecular complexity index is 583. The van der Waals surface area contributed by atoms with E-state index >= 15 is 0 Å². The van der Waals surface area contributed by atoms with Gasteiger partial charge in [0.2, 0.25) is 5.95 Å². The number of H-pyrrole nitrogens is 1. The average molecular weight is 221 g/mol. The summed E-state index contributed by atoms with van der Waals surface area (Å²) < 4.78 is 6.77. The van der Waals surface area contributed by atoms with Gasteiger partial charge in [-0.2, -0.15) is 4.98 Å². The zero-order valence-electron chi connectivity index (χ0n) is 8.73. The fourth-order valence-corrected chi connectivity index (χ4v) is 1.68. The molecule has 16 heavy (non-hydrogen) atoms. The van der Waals surface area contributed by atoms with E-state index in [4.69, 9.17) is 4.74 Å². The second kappa shape index (κ2) is 3.31. The van der Waals surface area contributed by atoms with Crippen LogP contribution in [0.1, 0.15) is 0 Å². The summed E-state index contributed by atoms with van der Waals surface area (Å²) in [4.78, 5) is 22.4. The third kappa shape index (κ3) is 1.28. The summed E-state index contributed by atoms with van der Waals surface area (Å²) >= 11 is 0. The average Bonchev–Trinajstić information content (AvgIpc) is 2.51. The van der Waals surface area contributed by atoms with Gasteiger partial charge < -0.3 is 19.6 Å². The van der Waals surface area contributed by atoms with Crippen LogP contribution >= 0.6 is 0 Å². The van der Waals surface area contributed by atoms with E-state index in [0.29, 0.717) is 30.3 Å². The van der Waals surface area contributed by atoms with Gasteiger partial charge in [0, 0.05) is 7.05 Å². The number of nitrogens with zero attached hydrogens (tertiary/aromatic N) is 3. The van der Waals surface area contributed by atoms with Crippen LogP contribution in [0.4, 0.5) is 5.95 Å². The highest BCUT2D eigenvalue weighted by Crippen LogP contribution is 2.15. The van der Waals surface area contributed by atoms with Crippen molar-refractivity contribution in [3.05, 3.63) is 16.7 Å². The van der Waals surface area contributed by atoms with E-state index in [9.17, 15) is 4.79 Å². The van der Waals surface area contributed by atoms with Crippen molar-refractivity contribution in [2.75, 3.05) is 18.5 Å². The topological polar surface area (TPSA) is 84.8 Å². The highest BCUT2D eigenvalue weighted by Gasteiger charge is 2.21. The van der Waals surface area contributed by atoms with Crippen LogP contribution in [0.5, 0.6) is 0 Å². The van der Waals surface area contributed by atoms with Crippen molar-refractivity contribution < 1.29 is 4.74 Å². The number of hydrogen-bond acceptors (Lipinski definition) is 5. The molecule has 3 heterocycles. The van der Waals surface area contributed by atoms with Gasteiger partial charge in [0.25, 0.3) is 5.56 Å². The first-order valence-corrected chi connectivity index (χ1v) is 5.00. The van der Waals surface area contributed by atoms with Crippen molar-refractivity contribution in [1.82, 2.24) is 19.5 Å². The minimum Gasteiger partial charge on any atom is -0.377 e. The van der Waals surface area contributed by atoms with Gasteiger partial charge in [-0.1, -0.05) is 0 Å². The van der Waals surface area contributed by atoms with Crippen LogP contribution in [-0.4, -0.2) is 38.8 Å². The summed E-state index contributed by atoms with van der Waals surface area (Å²) in [7, 11) is 1.79. The van der Waals surface area contributed by atoms with Crippen LogP contribution in [0, 0.1) is 0 Å². The Kier molecular flexibility index (Phi) is 1.93. The molecule has 2 aromatic rings. The molecule has 7 heteroatoms. The normalized spacial score (nSPS) is 16.3. The van der Waals surface area contributed by atoms with E-state index in [1.54, 1.807) is 11.6 Å². The van der Waals surface area contributed by atoms with Gasteiger partial charge in [0.05, 0.1) is 25.6 Å². The van der Waals surface area contributed by atoms with Crippen LogP contribution in [0.15, 0.2) is 11.1 Å². The molecule has 0 unspecified atom stereocenters. The smallest absolute Gasteiger partial charge is 0.277 e. The number of anilines is 1. The van der Waals surface area contributed by atoms with Gasteiger partial charge in [-0.3, -0.25) is 4.79 Å². The van der Waals surface area contributed by atoms with E-state index in [0.717, 1.165) is 0 Å². The fraction of sp³-hybridized carbons (Fsp3) is 0.444. The third-order valence-electron chi connectivity index (χ3n) is 2.65. The van der Waals surface area contributed by atoms with Gasteiger partial charge >= 0.3 is 0 Å². The maximum atomic E-state index is 11.6. The lowest BCUT2D eigenvalue weighted by molar-refractivity contribution is 0.0207. The Hall–Kier alpha value is -1.89. The maximum Gasteiger partial charge on any atom is 0.277 e. The van der Waals surface area contributed by atoms with Crippen molar-refractivity contribution in [3.63, 3.8) is 0 Å². The molecule has 0 amide bonds. The predicted molar refractivity (Wildman–Crippen MR) is 57.4 cm³/mol. The fourth-order valence-electron chi connectivity index (χ4n) is 1.68. The van der Waals surface area contributed by atoms with Crippen LogP contribution in [0.3, 0.4) is 0 Å². The first-order chi connectivity index (χ1) is 7.75. The van der Waals surface area contributed by atoms with Crippen molar-refractivity contribution in [2.24, 2.45) is 7.05 Å². The molecule has 1 aliphatic rings. The number of fused-ring (bicyclic) bond motifs is 1. The SMILES string of the molecule is Cn1c(NC2COC2)nc2nc[nH]c(=O)c21. The van der Waals surface area contributed by atoms with Crippen molar-refractivity contribution in [2.45, 2.75) is 6.04 Å². The van der Waals surface area contributed by atoms with E-state index in [1.807, 2.05) is 0 Å². The minimum atomic E-state index is -0.182. The molecule has 1 saturated heterocycles. The molecule has 2 aromatic heterocycles. The zero-order chi connectivity index (χ0) is 11.1. The number of aromatic amines is 1. The summed E-state index contributed by atoms with van der Waals surface area (Å²) in [5, 5.41) is 3.20. The van der Waals surface area contributed by atoms with Gasteiger partial charge in [-0.25, -0.2) is 4.98 Å². The molecular weight excluding hydrogens is 210 g/mol. The maximum absolute atomic E-state index is 11.6. The van der Waals surface area contributed by atoms with Crippen molar-refractivity contribution in [3.8, 4) is 0 Å². The molecule has 0 aliphatic carbocycles. The molecule has 7 nitrogen and oxygen atoms in total. The molecule has 2 N–H and O–H groups in total. The van der Waals surface area contributed by atoms with Gasteiger partial charge in [-0.15, -0.1) is 0 Å². The highest BCUT2D eigenvalue weighted by molar-refractivity contribution is 5.73. The Morgan fingerprint density at radius 3 is 3.06 bits per heavy atom. The molecule has 0 bridgehead atoms. The summed E-state index contributed by atoms with van der Waals surface area (Å²) in [5.41, 5.74) is 0.747.